The van der Waals surface area contributed by atoms with Crippen LogP contribution in [0.15, 0.2) is 34.8 Å². The molecule has 1 nitrogen and oxygen atoms in total. The summed E-state index contributed by atoms with van der Waals surface area (Å²) in [5.74, 6) is 0. The third kappa shape index (κ3) is 2.85. The summed E-state index contributed by atoms with van der Waals surface area (Å²) in [5.41, 5.74) is 2.60. The molecule has 0 aliphatic heterocycles. The third-order valence-electron chi connectivity index (χ3n) is 3.07. The van der Waals surface area contributed by atoms with Gasteiger partial charge in [0.25, 0.3) is 0 Å². The van der Waals surface area contributed by atoms with Crippen molar-refractivity contribution >= 4 is 27.3 Å². The number of hydrogen-bond donors (Lipinski definition) is 1. The number of nitrogens with one attached hydrogen (secondary N) is 1. The van der Waals surface area contributed by atoms with Crippen molar-refractivity contribution in [1.82, 2.24) is 5.32 Å². The quantitative estimate of drug-likeness (QED) is 0.860. The molecule has 18 heavy (non-hydrogen) atoms. The monoisotopic (exact) mass is 323 g/mol. The Hall–Kier alpha value is -0.640. The summed E-state index contributed by atoms with van der Waals surface area (Å²) in [4.78, 5) is 2.81. The summed E-state index contributed by atoms with van der Waals surface area (Å²) in [6.45, 7) is 4.33. The van der Waals surface area contributed by atoms with Crippen molar-refractivity contribution in [3.05, 3.63) is 55.7 Å². The average molecular weight is 324 g/mol. The van der Waals surface area contributed by atoms with E-state index in [-0.39, 0.29) is 6.04 Å². The molecule has 1 aromatic heterocycles. The summed E-state index contributed by atoms with van der Waals surface area (Å²) < 4.78 is 1.17. The zero-order valence-corrected chi connectivity index (χ0v) is 13.4. The van der Waals surface area contributed by atoms with Gasteiger partial charge in [-0.1, -0.05) is 40.5 Å². The van der Waals surface area contributed by atoms with Crippen molar-refractivity contribution in [3.63, 3.8) is 0 Å². The molecule has 0 radical (unpaired) electrons. The first-order valence-corrected chi connectivity index (χ1v) is 7.78. The molecule has 1 aromatic carbocycles. The Balaban J connectivity index is 2.41. The SMILES string of the molecule is CCc1ccc(C(NC)c2cc(C)ccc2Br)s1. The van der Waals surface area contributed by atoms with Crippen LogP contribution in [0.5, 0.6) is 0 Å². The lowest BCUT2D eigenvalue weighted by Gasteiger charge is -2.17. The Morgan fingerprint density at radius 1 is 1.28 bits per heavy atom. The first-order chi connectivity index (χ1) is 8.65. The van der Waals surface area contributed by atoms with Crippen molar-refractivity contribution in [1.29, 1.82) is 0 Å². The Labute approximate surface area is 121 Å². The molecular weight excluding hydrogens is 306 g/mol. The van der Waals surface area contributed by atoms with Crippen LogP contribution in [0.2, 0.25) is 0 Å². The molecule has 0 fully saturated rings. The number of halogens is 1. The van der Waals surface area contributed by atoms with Gasteiger partial charge in [0.1, 0.15) is 0 Å². The highest BCUT2D eigenvalue weighted by molar-refractivity contribution is 9.10. The number of thiophene rings is 1. The minimum Gasteiger partial charge on any atom is -0.309 e. The van der Waals surface area contributed by atoms with Gasteiger partial charge in [0.2, 0.25) is 0 Å². The maximum Gasteiger partial charge on any atom is 0.0679 e. The Morgan fingerprint density at radius 2 is 2.06 bits per heavy atom. The molecule has 2 rings (SSSR count). The van der Waals surface area contributed by atoms with Crippen LogP contribution in [0.25, 0.3) is 0 Å². The summed E-state index contributed by atoms with van der Waals surface area (Å²) in [5, 5.41) is 3.42. The topological polar surface area (TPSA) is 12.0 Å². The van der Waals surface area contributed by atoms with Crippen molar-refractivity contribution in [3.8, 4) is 0 Å². The standard InChI is InChI=1S/C15H18BrNS/c1-4-11-6-8-14(18-11)15(17-3)12-9-10(2)5-7-13(12)16/h5-9,15,17H,4H2,1-3H3. The Morgan fingerprint density at radius 3 is 2.67 bits per heavy atom. The van der Waals surface area contributed by atoms with Gasteiger partial charge in [-0.2, -0.15) is 0 Å². The highest BCUT2D eigenvalue weighted by Crippen LogP contribution is 2.33. The zero-order chi connectivity index (χ0) is 13.1. The molecular formula is C15H18BrNS. The van der Waals surface area contributed by atoms with Crippen molar-refractivity contribution in [2.75, 3.05) is 7.05 Å². The maximum atomic E-state index is 3.66. The van der Waals surface area contributed by atoms with Gasteiger partial charge in [-0.05, 0) is 44.2 Å². The number of rotatable bonds is 4. The van der Waals surface area contributed by atoms with Gasteiger partial charge in [-0.25, -0.2) is 0 Å². The van der Waals surface area contributed by atoms with E-state index in [1.165, 1.54) is 25.4 Å². The second-order valence-corrected chi connectivity index (χ2v) is 6.46. The molecule has 1 N–H and O–H groups in total. The van der Waals surface area contributed by atoms with Crippen LogP contribution in [0.3, 0.4) is 0 Å². The molecule has 0 aliphatic carbocycles. The predicted molar refractivity (Wildman–Crippen MR) is 83.5 cm³/mol. The van der Waals surface area contributed by atoms with E-state index in [1.54, 1.807) is 0 Å². The fourth-order valence-corrected chi connectivity index (χ4v) is 3.63. The molecule has 0 amide bonds. The minimum atomic E-state index is 0.268. The van der Waals surface area contributed by atoms with Crippen molar-refractivity contribution in [2.24, 2.45) is 0 Å². The lowest BCUT2D eigenvalue weighted by Crippen LogP contribution is -2.17. The van der Waals surface area contributed by atoms with Crippen LogP contribution < -0.4 is 5.32 Å². The summed E-state index contributed by atoms with van der Waals surface area (Å²) in [7, 11) is 2.02. The maximum absolute atomic E-state index is 3.66. The van der Waals surface area contributed by atoms with E-state index >= 15 is 0 Å². The van der Waals surface area contributed by atoms with Crippen molar-refractivity contribution < 1.29 is 0 Å². The van der Waals surface area contributed by atoms with E-state index in [0.29, 0.717) is 0 Å². The molecule has 1 heterocycles. The molecule has 3 heteroatoms. The van der Waals surface area contributed by atoms with Crippen LogP contribution in [-0.4, -0.2) is 7.05 Å². The van der Waals surface area contributed by atoms with Crippen LogP contribution in [0.1, 0.15) is 33.8 Å². The second-order valence-electron chi connectivity index (χ2n) is 4.40. The van der Waals surface area contributed by atoms with Gasteiger partial charge < -0.3 is 5.32 Å². The van der Waals surface area contributed by atoms with Gasteiger partial charge in [0, 0.05) is 14.2 Å². The number of benzene rings is 1. The van der Waals surface area contributed by atoms with Crippen LogP contribution in [0, 0.1) is 6.92 Å². The molecule has 0 saturated carbocycles. The highest BCUT2D eigenvalue weighted by Gasteiger charge is 2.16. The molecule has 96 valence electrons. The summed E-state index contributed by atoms with van der Waals surface area (Å²) in [6, 6.07) is 11.2. The summed E-state index contributed by atoms with van der Waals surface area (Å²) in [6.07, 6.45) is 1.11. The van der Waals surface area contributed by atoms with Gasteiger partial charge in [-0.15, -0.1) is 11.3 Å². The van der Waals surface area contributed by atoms with E-state index in [4.69, 9.17) is 0 Å². The smallest absolute Gasteiger partial charge is 0.0679 e. The van der Waals surface area contributed by atoms with E-state index in [9.17, 15) is 0 Å². The van der Waals surface area contributed by atoms with Crippen LogP contribution in [-0.2, 0) is 6.42 Å². The number of hydrogen-bond acceptors (Lipinski definition) is 2. The largest absolute Gasteiger partial charge is 0.309 e. The lowest BCUT2D eigenvalue weighted by atomic mass is 10.0. The lowest BCUT2D eigenvalue weighted by molar-refractivity contribution is 0.700. The van der Waals surface area contributed by atoms with E-state index in [0.717, 1.165) is 6.42 Å². The van der Waals surface area contributed by atoms with Crippen LogP contribution >= 0.6 is 27.3 Å². The second kappa shape index (κ2) is 6.00. The van der Waals surface area contributed by atoms with Crippen LogP contribution in [0.4, 0.5) is 0 Å². The zero-order valence-electron chi connectivity index (χ0n) is 11.0. The van der Waals surface area contributed by atoms with Gasteiger partial charge in [0.15, 0.2) is 0 Å². The molecule has 1 unspecified atom stereocenters. The number of aryl methyl sites for hydroxylation is 2. The molecule has 1 atom stereocenters. The summed E-state index contributed by atoms with van der Waals surface area (Å²) >= 11 is 5.55. The Bertz CT molecular complexity index is 533. The van der Waals surface area contributed by atoms with Crippen molar-refractivity contribution in [2.45, 2.75) is 26.3 Å². The first kappa shape index (κ1) is 13.8. The third-order valence-corrected chi connectivity index (χ3v) is 5.08. The van der Waals surface area contributed by atoms with Gasteiger partial charge >= 0.3 is 0 Å². The first-order valence-electron chi connectivity index (χ1n) is 6.17. The fraction of sp³-hybridized carbons (Fsp3) is 0.333. The average Bonchev–Trinajstić information content (AvgIpc) is 2.83. The van der Waals surface area contributed by atoms with Gasteiger partial charge in [-0.3, -0.25) is 0 Å². The van der Waals surface area contributed by atoms with Gasteiger partial charge in [0.05, 0.1) is 6.04 Å². The van der Waals surface area contributed by atoms with E-state index in [2.05, 4.69) is 65.4 Å². The predicted octanol–water partition coefficient (Wildman–Crippen LogP) is 4.69. The normalized spacial score (nSPS) is 12.7. The molecule has 0 aliphatic rings. The molecule has 2 aromatic rings. The molecule has 0 saturated heterocycles. The van der Waals surface area contributed by atoms with E-state index in [1.807, 2.05) is 18.4 Å². The van der Waals surface area contributed by atoms with E-state index < -0.39 is 0 Å². The molecule has 0 spiro atoms. The Kier molecular flexibility index (Phi) is 4.60. The fourth-order valence-electron chi connectivity index (χ4n) is 2.08. The minimum absolute atomic E-state index is 0.268. The highest BCUT2D eigenvalue weighted by atomic mass is 79.9. The molecule has 0 bridgehead atoms.